The van der Waals surface area contributed by atoms with Crippen LogP contribution >= 0.6 is 23.2 Å². The van der Waals surface area contributed by atoms with Gasteiger partial charge in [0, 0.05) is 17.7 Å². The highest BCUT2D eigenvalue weighted by Crippen LogP contribution is 2.22. The molecule has 2 aromatic rings. The maximum Gasteiger partial charge on any atom is 0.271 e. The predicted molar refractivity (Wildman–Crippen MR) is 80.8 cm³/mol. The number of hydrogen-bond acceptors (Lipinski definition) is 4. The Morgan fingerprint density at radius 1 is 1.15 bits per heavy atom. The highest BCUT2D eigenvalue weighted by molar-refractivity contribution is 6.38. The summed E-state index contributed by atoms with van der Waals surface area (Å²) >= 11 is 12.0. The van der Waals surface area contributed by atoms with Gasteiger partial charge in [-0.3, -0.25) is 15.5 Å². The second kappa shape index (κ2) is 6.36. The van der Waals surface area contributed by atoms with Crippen LogP contribution in [-0.2, 0) is 0 Å². The molecule has 0 aliphatic carbocycles. The summed E-state index contributed by atoms with van der Waals surface area (Å²) in [5.41, 5.74) is 3.75. The summed E-state index contributed by atoms with van der Waals surface area (Å²) in [5.74, 6) is 0. The highest BCUT2D eigenvalue weighted by Gasteiger charge is 2.05. The molecule has 1 N–H and O–H groups in total. The molecule has 0 aromatic heterocycles. The van der Waals surface area contributed by atoms with Crippen molar-refractivity contribution in [2.24, 2.45) is 5.10 Å². The number of hydrazone groups is 1. The van der Waals surface area contributed by atoms with E-state index < -0.39 is 4.92 Å². The number of rotatable bonds is 4. The monoisotopic (exact) mass is 309 g/mol. The minimum absolute atomic E-state index is 0.0130. The first kappa shape index (κ1) is 14.3. The molecule has 2 aromatic carbocycles. The second-order valence-electron chi connectivity index (χ2n) is 3.81. The Hall–Kier alpha value is -2.11. The van der Waals surface area contributed by atoms with Crippen molar-refractivity contribution in [3.05, 3.63) is 68.2 Å². The molecule has 0 unspecified atom stereocenters. The third-order valence-electron chi connectivity index (χ3n) is 2.44. The maximum atomic E-state index is 10.6. The zero-order valence-corrected chi connectivity index (χ0v) is 11.6. The molecule has 0 saturated heterocycles. The van der Waals surface area contributed by atoms with Crippen LogP contribution in [-0.4, -0.2) is 11.1 Å². The van der Waals surface area contributed by atoms with E-state index in [4.69, 9.17) is 23.2 Å². The van der Waals surface area contributed by atoms with Crippen molar-refractivity contribution in [3.8, 4) is 0 Å². The molecule has 20 heavy (non-hydrogen) atoms. The Morgan fingerprint density at radius 2 is 1.80 bits per heavy atom. The van der Waals surface area contributed by atoms with Gasteiger partial charge in [-0.2, -0.15) is 5.10 Å². The third-order valence-corrected chi connectivity index (χ3v) is 3.10. The van der Waals surface area contributed by atoms with E-state index in [9.17, 15) is 10.1 Å². The van der Waals surface area contributed by atoms with Gasteiger partial charge in [-0.15, -0.1) is 0 Å². The van der Waals surface area contributed by atoms with Crippen LogP contribution in [0.3, 0.4) is 0 Å². The minimum Gasteiger partial charge on any atom is -0.278 e. The summed E-state index contributed by atoms with van der Waals surface area (Å²) in [6, 6.07) is 11.1. The predicted octanol–water partition coefficient (Wildman–Crippen LogP) is 4.35. The first-order valence-corrected chi connectivity index (χ1v) is 6.31. The first-order chi connectivity index (χ1) is 9.58. The largest absolute Gasteiger partial charge is 0.278 e. The number of anilines is 1. The number of benzene rings is 2. The van der Waals surface area contributed by atoms with Crippen LogP contribution in [0.15, 0.2) is 47.6 Å². The van der Waals surface area contributed by atoms with Gasteiger partial charge in [-0.05, 0) is 18.2 Å². The van der Waals surface area contributed by atoms with Gasteiger partial charge in [0.2, 0.25) is 0 Å². The van der Waals surface area contributed by atoms with E-state index in [0.717, 1.165) is 0 Å². The summed E-state index contributed by atoms with van der Waals surface area (Å²) < 4.78 is 0. The summed E-state index contributed by atoms with van der Waals surface area (Å²) in [4.78, 5) is 10.2. The Bertz CT molecular complexity index is 654. The summed E-state index contributed by atoms with van der Waals surface area (Å²) in [6.07, 6.45) is 1.46. The van der Waals surface area contributed by atoms with Crippen LogP contribution < -0.4 is 5.43 Å². The van der Waals surface area contributed by atoms with Crippen LogP contribution in [0.4, 0.5) is 11.4 Å². The van der Waals surface area contributed by atoms with E-state index >= 15 is 0 Å². The Labute approximate surface area is 125 Å². The number of nitro benzene ring substituents is 1. The fourth-order valence-electron chi connectivity index (χ4n) is 1.49. The molecular formula is C13H9Cl2N3O2. The second-order valence-corrected chi connectivity index (χ2v) is 4.63. The van der Waals surface area contributed by atoms with Gasteiger partial charge < -0.3 is 0 Å². The standard InChI is InChI=1S/C13H9Cl2N3O2/c14-12-5-2-6-13(15)11(12)8-16-17-9-3-1-4-10(7-9)18(19)20/h1-8,17H/b16-8+. The molecule has 0 bridgehead atoms. The molecule has 0 heterocycles. The van der Waals surface area contributed by atoms with Crippen molar-refractivity contribution in [1.29, 1.82) is 0 Å². The van der Waals surface area contributed by atoms with E-state index in [1.165, 1.54) is 18.3 Å². The van der Waals surface area contributed by atoms with Crippen LogP contribution in [0.1, 0.15) is 5.56 Å². The van der Waals surface area contributed by atoms with Crippen molar-refractivity contribution in [3.63, 3.8) is 0 Å². The summed E-state index contributed by atoms with van der Waals surface area (Å²) in [6.45, 7) is 0. The van der Waals surface area contributed by atoms with Crippen molar-refractivity contribution in [2.75, 3.05) is 5.43 Å². The first-order valence-electron chi connectivity index (χ1n) is 5.55. The van der Waals surface area contributed by atoms with Gasteiger partial charge >= 0.3 is 0 Å². The van der Waals surface area contributed by atoms with Crippen molar-refractivity contribution in [2.45, 2.75) is 0 Å². The van der Waals surface area contributed by atoms with E-state index in [0.29, 0.717) is 21.3 Å². The van der Waals surface area contributed by atoms with Gasteiger partial charge in [-0.25, -0.2) is 0 Å². The Balaban J connectivity index is 2.14. The zero-order valence-electron chi connectivity index (χ0n) is 10.1. The van der Waals surface area contributed by atoms with Crippen molar-refractivity contribution >= 4 is 40.8 Å². The molecule has 0 aliphatic heterocycles. The maximum absolute atomic E-state index is 10.6. The molecule has 0 aliphatic rings. The molecular weight excluding hydrogens is 301 g/mol. The number of nitrogens with zero attached hydrogens (tertiary/aromatic N) is 2. The SMILES string of the molecule is O=[N+]([O-])c1cccc(N/N=C/c2c(Cl)cccc2Cl)c1. The zero-order chi connectivity index (χ0) is 14.5. The van der Waals surface area contributed by atoms with Crippen LogP contribution in [0.2, 0.25) is 10.0 Å². The minimum atomic E-state index is -0.472. The third kappa shape index (κ3) is 3.46. The number of nitro groups is 1. The van der Waals surface area contributed by atoms with E-state index in [1.54, 1.807) is 30.3 Å². The van der Waals surface area contributed by atoms with E-state index in [-0.39, 0.29) is 5.69 Å². The van der Waals surface area contributed by atoms with Crippen LogP contribution in [0.25, 0.3) is 0 Å². The van der Waals surface area contributed by atoms with Gasteiger partial charge in [-0.1, -0.05) is 35.3 Å². The molecule has 0 atom stereocenters. The van der Waals surface area contributed by atoms with Crippen LogP contribution in [0.5, 0.6) is 0 Å². The smallest absolute Gasteiger partial charge is 0.271 e. The lowest BCUT2D eigenvalue weighted by Crippen LogP contribution is -1.93. The van der Waals surface area contributed by atoms with E-state index in [2.05, 4.69) is 10.5 Å². The van der Waals surface area contributed by atoms with Crippen molar-refractivity contribution < 1.29 is 4.92 Å². The molecule has 102 valence electrons. The molecule has 5 nitrogen and oxygen atoms in total. The molecule has 0 saturated carbocycles. The topological polar surface area (TPSA) is 67.5 Å². The van der Waals surface area contributed by atoms with Crippen LogP contribution in [0, 0.1) is 10.1 Å². The summed E-state index contributed by atoms with van der Waals surface area (Å²) in [5, 5.41) is 15.6. The number of hydrogen-bond donors (Lipinski definition) is 1. The van der Waals surface area contributed by atoms with Gasteiger partial charge in [0.05, 0.1) is 26.9 Å². The molecule has 0 amide bonds. The molecule has 0 radical (unpaired) electrons. The Kier molecular flexibility index (Phi) is 4.55. The molecule has 2 rings (SSSR count). The molecule has 0 fully saturated rings. The van der Waals surface area contributed by atoms with Gasteiger partial charge in [0.25, 0.3) is 5.69 Å². The fourth-order valence-corrected chi connectivity index (χ4v) is 1.99. The average molecular weight is 310 g/mol. The lowest BCUT2D eigenvalue weighted by Gasteiger charge is -2.02. The summed E-state index contributed by atoms with van der Waals surface area (Å²) in [7, 11) is 0. The average Bonchev–Trinajstić information content (AvgIpc) is 2.42. The number of nitrogens with one attached hydrogen (secondary N) is 1. The Morgan fingerprint density at radius 3 is 2.45 bits per heavy atom. The molecule has 7 heteroatoms. The normalized spacial score (nSPS) is 10.7. The van der Waals surface area contributed by atoms with Gasteiger partial charge in [0.15, 0.2) is 0 Å². The van der Waals surface area contributed by atoms with Crippen molar-refractivity contribution in [1.82, 2.24) is 0 Å². The lowest BCUT2D eigenvalue weighted by molar-refractivity contribution is -0.384. The highest BCUT2D eigenvalue weighted by atomic mass is 35.5. The molecule has 0 spiro atoms. The number of halogens is 2. The van der Waals surface area contributed by atoms with Gasteiger partial charge in [0.1, 0.15) is 0 Å². The quantitative estimate of drug-likeness (QED) is 0.518. The fraction of sp³-hybridized carbons (Fsp3) is 0. The van der Waals surface area contributed by atoms with E-state index in [1.807, 2.05) is 0 Å². The number of non-ortho nitro benzene ring substituents is 1. The lowest BCUT2D eigenvalue weighted by atomic mass is 10.2.